The maximum absolute atomic E-state index is 13.3. The summed E-state index contributed by atoms with van der Waals surface area (Å²) in [6.45, 7) is 4.32. The number of anilines is 1. The van der Waals surface area contributed by atoms with E-state index in [2.05, 4.69) is 15.3 Å². The van der Waals surface area contributed by atoms with Crippen molar-refractivity contribution >= 4 is 29.2 Å². The van der Waals surface area contributed by atoms with Crippen molar-refractivity contribution in [3.63, 3.8) is 0 Å². The number of nitrogens with zero attached hydrogens (tertiary/aromatic N) is 3. The highest BCUT2D eigenvalue weighted by atomic mass is 16.5. The Morgan fingerprint density at radius 3 is 2.50 bits per heavy atom. The molecule has 0 aliphatic rings. The number of amides is 1. The Balaban J connectivity index is 0.00000115. The molecule has 2 aromatic heterocycles. The first kappa shape index (κ1) is 25.9. The molecular formula is C26H27N5O5. The second kappa shape index (κ2) is 11.6. The molecule has 4 rings (SSSR count). The molecule has 1 amide bonds. The summed E-state index contributed by atoms with van der Waals surface area (Å²) >= 11 is 0. The van der Waals surface area contributed by atoms with Gasteiger partial charge >= 0.3 is 0 Å². The van der Waals surface area contributed by atoms with E-state index < -0.39 is 0 Å². The minimum atomic E-state index is -0.276. The first-order valence-electron chi connectivity index (χ1n) is 11.1. The third-order valence-corrected chi connectivity index (χ3v) is 5.20. The summed E-state index contributed by atoms with van der Waals surface area (Å²) in [5, 5.41) is 10.2. The van der Waals surface area contributed by atoms with Crippen LogP contribution in [0.4, 0.5) is 5.95 Å². The van der Waals surface area contributed by atoms with Crippen LogP contribution in [0, 0.1) is 5.92 Å². The SMILES string of the molecule is COc1ncc(-c2ccc3nc(N)n(-c4ccccc4)c(=O)c3c2)cc1C(=O)NCC(C)C.O=CO. The molecule has 0 unspecified atom stereocenters. The van der Waals surface area contributed by atoms with Crippen molar-refractivity contribution in [3.05, 3.63) is 76.7 Å². The molecule has 4 aromatic rings. The quantitative estimate of drug-likeness (QED) is 0.350. The van der Waals surface area contributed by atoms with Gasteiger partial charge < -0.3 is 20.9 Å². The number of hydrogen-bond donors (Lipinski definition) is 3. The molecule has 4 N–H and O–H groups in total. The van der Waals surface area contributed by atoms with Crippen LogP contribution in [-0.2, 0) is 4.79 Å². The highest BCUT2D eigenvalue weighted by molar-refractivity contribution is 5.98. The van der Waals surface area contributed by atoms with E-state index in [-0.39, 0.29) is 29.8 Å². The molecular weight excluding hydrogens is 462 g/mol. The van der Waals surface area contributed by atoms with Gasteiger partial charge in [0.05, 0.1) is 23.7 Å². The second-order valence-electron chi connectivity index (χ2n) is 8.17. The number of methoxy groups -OCH3 is 1. The monoisotopic (exact) mass is 489 g/mol. The number of ether oxygens (including phenoxy) is 1. The minimum absolute atomic E-state index is 0.113. The van der Waals surface area contributed by atoms with Crippen LogP contribution in [0.5, 0.6) is 5.88 Å². The van der Waals surface area contributed by atoms with Gasteiger partial charge in [-0.2, -0.15) is 0 Å². The van der Waals surface area contributed by atoms with Gasteiger partial charge in [-0.3, -0.25) is 14.4 Å². The average Bonchev–Trinajstić information content (AvgIpc) is 2.88. The van der Waals surface area contributed by atoms with E-state index in [9.17, 15) is 9.59 Å². The lowest BCUT2D eigenvalue weighted by Gasteiger charge is -2.13. The maximum atomic E-state index is 13.3. The molecule has 0 radical (unpaired) electrons. The van der Waals surface area contributed by atoms with Gasteiger partial charge in [0.15, 0.2) is 0 Å². The fourth-order valence-corrected chi connectivity index (χ4v) is 3.54. The van der Waals surface area contributed by atoms with Gasteiger partial charge in [0.2, 0.25) is 11.8 Å². The van der Waals surface area contributed by atoms with E-state index in [0.29, 0.717) is 40.2 Å². The van der Waals surface area contributed by atoms with E-state index in [0.717, 1.165) is 5.56 Å². The van der Waals surface area contributed by atoms with Crippen molar-refractivity contribution in [2.75, 3.05) is 19.4 Å². The third kappa shape index (κ3) is 5.66. The predicted octanol–water partition coefficient (Wildman–Crippen LogP) is 3.13. The molecule has 0 saturated carbocycles. The van der Waals surface area contributed by atoms with E-state index in [1.165, 1.54) is 11.7 Å². The van der Waals surface area contributed by atoms with Crippen LogP contribution in [0.15, 0.2) is 65.6 Å². The summed E-state index contributed by atoms with van der Waals surface area (Å²) in [6, 6.07) is 16.1. The minimum Gasteiger partial charge on any atom is -0.483 e. The zero-order valence-corrected chi connectivity index (χ0v) is 20.1. The van der Waals surface area contributed by atoms with E-state index >= 15 is 0 Å². The zero-order valence-electron chi connectivity index (χ0n) is 20.1. The summed E-state index contributed by atoms with van der Waals surface area (Å²) in [7, 11) is 1.47. The number of fused-ring (bicyclic) bond motifs is 1. The van der Waals surface area contributed by atoms with Gasteiger partial charge in [0, 0.05) is 18.3 Å². The van der Waals surface area contributed by atoms with Gasteiger partial charge in [0.1, 0.15) is 5.56 Å². The van der Waals surface area contributed by atoms with Crippen molar-refractivity contribution in [2.24, 2.45) is 5.92 Å². The molecule has 0 saturated heterocycles. The number of benzene rings is 2. The van der Waals surface area contributed by atoms with Gasteiger partial charge in [-0.25, -0.2) is 14.5 Å². The van der Waals surface area contributed by atoms with Crippen LogP contribution in [0.1, 0.15) is 24.2 Å². The number of hydrogen-bond acceptors (Lipinski definition) is 7. The summed E-state index contributed by atoms with van der Waals surface area (Å²) in [6.07, 6.45) is 1.61. The van der Waals surface area contributed by atoms with Crippen LogP contribution in [-0.4, -0.2) is 45.7 Å². The molecule has 0 fully saturated rings. The van der Waals surface area contributed by atoms with Crippen molar-refractivity contribution in [1.29, 1.82) is 0 Å². The standard InChI is InChI=1S/C25H25N5O3.CH2O2/c1-15(2)13-27-22(31)20-12-17(14-28-23(20)33-3)16-9-10-21-19(11-16)24(32)30(25(26)29-21)18-7-5-4-6-8-18;2-1-3/h4-12,14-15H,13H2,1-3H3,(H2,26,29)(H,27,31);1H,(H,2,3). The van der Waals surface area contributed by atoms with E-state index in [1.807, 2.05) is 38.1 Å². The number of carbonyl (C=O) groups excluding carboxylic acids is 1. The van der Waals surface area contributed by atoms with Crippen molar-refractivity contribution in [1.82, 2.24) is 19.9 Å². The Kier molecular flexibility index (Phi) is 8.35. The topological polar surface area (TPSA) is 149 Å². The van der Waals surface area contributed by atoms with Crippen LogP contribution < -0.4 is 21.3 Å². The molecule has 0 aliphatic heterocycles. The largest absolute Gasteiger partial charge is 0.483 e. The maximum Gasteiger partial charge on any atom is 0.290 e. The lowest BCUT2D eigenvalue weighted by atomic mass is 10.0. The number of carbonyl (C=O) groups is 2. The lowest BCUT2D eigenvalue weighted by Crippen LogP contribution is -2.27. The van der Waals surface area contributed by atoms with Gasteiger partial charge in [-0.1, -0.05) is 38.1 Å². The number of rotatable bonds is 6. The van der Waals surface area contributed by atoms with Crippen LogP contribution in [0.3, 0.4) is 0 Å². The summed E-state index contributed by atoms with van der Waals surface area (Å²) in [5.41, 5.74) is 8.66. The average molecular weight is 490 g/mol. The number of pyridine rings is 1. The van der Waals surface area contributed by atoms with Gasteiger partial charge in [0.25, 0.3) is 17.9 Å². The molecule has 10 nitrogen and oxygen atoms in total. The van der Waals surface area contributed by atoms with Crippen molar-refractivity contribution < 1.29 is 19.4 Å². The lowest BCUT2D eigenvalue weighted by molar-refractivity contribution is -0.122. The molecule has 2 heterocycles. The van der Waals surface area contributed by atoms with Gasteiger partial charge in [-0.05, 0) is 41.8 Å². The van der Waals surface area contributed by atoms with Crippen LogP contribution in [0.25, 0.3) is 27.7 Å². The molecule has 186 valence electrons. The highest BCUT2D eigenvalue weighted by Crippen LogP contribution is 2.27. The Hall–Kier alpha value is -4.73. The molecule has 2 aromatic carbocycles. The summed E-state index contributed by atoms with van der Waals surface area (Å²) in [4.78, 5) is 43.1. The number of nitrogen functional groups attached to an aromatic ring is 1. The third-order valence-electron chi connectivity index (χ3n) is 5.20. The Labute approximate surface area is 207 Å². The van der Waals surface area contributed by atoms with Crippen LogP contribution in [0.2, 0.25) is 0 Å². The smallest absolute Gasteiger partial charge is 0.290 e. The predicted molar refractivity (Wildman–Crippen MR) is 137 cm³/mol. The Morgan fingerprint density at radius 2 is 1.86 bits per heavy atom. The van der Waals surface area contributed by atoms with Crippen molar-refractivity contribution in [3.8, 4) is 22.7 Å². The number of aromatic nitrogens is 3. The number of nitrogens with two attached hydrogens (primary N) is 1. The number of para-hydroxylation sites is 1. The first-order valence-corrected chi connectivity index (χ1v) is 11.1. The first-order chi connectivity index (χ1) is 17.3. The number of nitrogens with one attached hydrogen (secondary N) is 1. The van der Waals surface area contributed by atoms with Gasteiger partial charge in [-0.15, -0.1) is 0 Å². The molecule has 0 bridgehead atoms. The molecule has 10 heteroatoms. The highest BCUT2D eigenvalue weighted by Gasteiger charge is 2.17. The Morgan fingerprint density at radius 1 is 1.17 bits per heavy atom. The molecule has 0 aliphatic carbocycles. The fraction of sp³-hybridized carbons (Fsp3) is 0.192. The number of carboxylic acid groups (broad SMARTS) is 1. The van der Waals surface area contributed by atoms with Crippen LogP contribution >= 0.6 is 0 Å². The molecule has 0 atom stereocenters. The van der Waals surface area contributed by atoms with E-state index in [4.69, 9.17) is 20.4 Å². The van der Waals surface area contributed by atoms with E-state index in [1.54, 1.807) is 36.5 Å². The summed E-state index contributed by atoms with van der Waals surface area (Å²) < 4.78 is 6.66. The zero-order chi connectivity index (χ0) is 26.2. The molecule has 0 spiro atoms. The molecule has 36 heavy (non-hydrogen) atoms. The fourth-order valence-electron chi connectivity index (χ4n) is 3.54. The van der Waals surface area contributed by atoms with Crippen molar-refractivity contribution in [2.45, 2.75) is 13.8 Å². The Bertz CT molecular complexity index is 1430. The second-order valence-corrected chi connectivity index (χ2v) is 8.17. The summed E-state index contributed by atoms with van der Waals surface area (Å²) in [5.74, 6) is 0.392. The normalized spacial score (nSPS) is 10.4.